The summed E-state index contributed by atoms with van der Waals surface area (Å²) in [7, 11) is 0. The van der Waals surface area contributed by atoms with Crippen molar-refractivity contribution in [1.82, 2.24) is 10.3 Å². The molecule has 7 nitrogen and oxygen atoms in total. The number of thiazole rings is 1. The number of anilines is 2. The van der Waals surface area contributed by atoms with Crippen LogP contribution in [0.15, 0.2) is 53.9 Å². The van der Waals surface area contributed by atoms with Gasteiger partial charge in [-0.2, -0.15) is 0 Å². The normalized spacial score (nSPS) is 11.5. The molecule has 1 aromatic heterocycles. The van der Waals surface area contributed by atoms with Gasteiger partial charge in [-0.05, 0) is 56.2 Å². The summed E-state index contributed by atoms with van der Waals surface area (Å²) < 4.78 is 5.31. The van der Waals surface area contributed by atoms with Crippen LogP contribution in [0.3, 0.4) is 0 Å². The Hall–Kier alpha value is -3.52. The van der Waals surface area contributed by atoms with E-state index in [9.17, 15) is 14.4 Å². The zero-order valence-electron chi connectivity index (χ0n) is 18.4. The number of hydrogen-bond donors (Lipinski definition) is 1. The van der Waals surface area contributed by atoms with Crippen LogP contribution in [0.25, 0.3) is 0 Å². The number of esters is 1. The minimum Gasteiger partial charge on any atom is -0.458 e. The average Bonchev–Trinajstić information content (AvgIpc) is 3.23. The van der Waals surface area contributed by atoms with Gasteiger partial charge in [0.05, 0.1) is 11.4 Å². The van der Waals surface area contributed by atoms with E-state index >= 15 is 0 Å². The van der Waals surface area contributed by atoms with Gasteiger partial charge in [0.25, 0.3) is 5.91 Å². The monoisotopic (exact) mass is 451 g/mol. The molecule has 0 bridgehead atoms. The molecule has 1 atom stereocenters. The molecule has 0 saturated carbocycles. The Balaban J connectivity index is 1.62. The molecule has 0 spiro atoms. The van der Waals surface area contributed by atoms with E-state index in [2.05, 4.69) is 10.3 Å². The number of hydrogen-bond acceptors (Lipinski definition) is 6. The van der Waals surface area contributed by atoms with Crippen molar-refractivity contribution < 1.29 is 19.1 Å². The number of carbonyl (C=O) groups is 3. The second kappa shape index (κ2) is 10.2. The number of carbonyl (C=O) groups excluding carboxylic acids is 3. The Bertz CT molecular complexity index is 1130. The largest absolute Gasteiger partial charge is 0.458 e. The smallest absolute Gasteiger partial charge is 0.328 e. The lowest BCUT2D eigenvalue weighted by atomic mass is 10.1. The minimum atomic E-state index is -0.815. The molecule has 0 radical (unpaired) electrons. The van der Waals surface area contributed by atoms with Crippen molar-refractivity contribution in [3.05, 3.63) is 76.3 Å². The average molecular weight is 452 g/mol. The van der Waals surface area contributed by atoms with Gasteiger partial charge in [-0.15, -0.1) is 11.3 Å². The van der Waals surface area contributed by atoms with Gasteiger partial charge in [0, 0.05) is 17.9 Å². The van der Waals surface area contributed by atoms with Crippen LogP contribution >= 0.6 is 11.3 Å². The highest BCUT2D eigenvalue weighted by atomic mass is 32.1. The fourth-order valence-electron chi connectivity index (χ4n) is 2.96. The summed E-state index contributed by atoms with van der Waals surface area (Å²) in [6, 6.07) is 13.6. The van der Waals surface area contributed by atoms with Crippen molar-refractivity contribution in [2.45, 2.75) is 40.3 Å². The third-order valence-electron chi connectivity index (χ3n) is 4.89. The quantitative estimate of drug-likeness (QED) is 0.541. The first-order valence-electron chi connectivity index (χ1n) is 10.1. The summed E-state index contributed by atoms with van der Waals surface area (Å²) >= 11 is 1.29. The van der Waals surface area contributed by atoms with Crippen molar-refractivity contribution >= 4 is 39.9 Å². The van der Waals surface area contributed by atoms with Crippen molar-refractivity contribution in [2.24, 2.45) is 0 Å². The molecule has 8 heteroatoms. The Morgan fingerprint density at radius 3 is 2.47 bits per heavy atom. The lowest BCUT2D eigenvalue weighted by Crippen LogP contribution is -2.39. The van der Waals surface area contributed by atoms with Crippen LogP contribution in [0, 0.1) is 13.8 Å². The highest BCUT2D eigenvalue weighted by Gasteiger charge is 2.21. The molecule has 0 aliphatic heterocycles. The summed E-state index contributed by atoms with van der Waals surface area (Å²) in [6.07, 6.45) is 0. The zero-order valence-corrected chi connectivity index (χ0v) is 19.2. The Kier molecular flexibility index (Phi) is 7.37. The fraction of sp³-hybridized carbons (Fsp3) is 0.250. The molecule has 2 aromatic carbocycles. The number of aromatic nitrogens is 1. The summed E-state index contributed by atoms with van der Waals surface area (Å²) in [5, 5.41) is 4.86. The van der Waals surface area contributed by atoms with Gasteiger partial charge in [0.15, 0.2) is 5.13 Å². The predicted octanol–water partition coefficient (Wildman–Crippen LogP) is 4.31. The summed E-state index contributed by atoms with van der Waals surface area (Å²) in [5.74, 6) is -1.08. The third kappa shape index (κ3) is 5.59. The van der Waals surface area contributed by atoms with E-state index in [1.54, 1.807) is 36.6 Å². The summed E-state index contributed by atoms with van der Waals surface area (Å²) in [5.41, 5.74) is 3.93. The summed E-state index contributed by atoms with van der Waals surface area (Å²) in [4.78, 5) is 42.8. The van der Waals surface area contributed by atoms with Crippen LogP contribution in [0.2, 0.25) is 0 Å². The van der Waals surface area contributed by atoms with Crippen molar-refractivity contribution in [2.75, 3.05) is 4.90 Å². The Morgan fingerprint density at radius 1 is 1.09 bits per heavy atom. The van der Waals surface area contributed by atoms with Crippen LogP contribution in [-0.4, -0.2) is 28.8 Å². The molecular formula is C24H25N3O4S. The molecular weight excluding hydrogens is 426 g/mol. The highest BCUT2D eigenvalue weighted by Crippen LogP contribution is 2.30. The molecule has 0 unspecified atom stereocenters. The topological polar surface area (TPSA) is 88.6 Å². The van der Waals surface area contributed by atoms with Crippen LogP contribution in [0.4, 0.5) is 10.8 Å². The number of aryl methyl sites for hydroxylation is 2. The molecule has 166 valence electrons. The molecule has 1 N–H and O–H groups in total. The first-order chi connectivity index (χ1) is 15.3. The maximum atomic E-state index is 12.3. The van der Waals surface area contributed by atoms with Gasteiger partial charge in [0.2, 0.25) is 5.91 Å². The molecule has 0 fully saturated rings. The molecule has 1 heterocycles. The fourth-order valence-corrected chi connectivity index (χ4v) is 3.83. The van der Waals surface area contributed by atoms with Gasteiger partial charge < -0.3 is 10.1 Å². The van der Waals surface area contributed by atoms with E-state index in [0.717, 1.165) is 16.8 Å². The van der Waals surface area contributed by atoms with E-state index in [1.807, 2.05) is 38.1 Å². The summed E-state index contributed by atoms with van der Waals surface area (Å²) in [6.45, 7) is 6.98. The number of rotatable bonds is 7. The van der Waals surface area contributed by atoms with E-state index in [-0.39, 0.29) is 18.4 Å². The standard InChI is InChI=1S/C24H25N3O4S/c1-15-10-11-21(12-16(15)2)27(18(4)28)24-26-20(14-32-24)13-31-23(30)17(3)25-22(29)19-8-6-5-7-9-19/h5-12,14,17H,13H2,1-4H3,(H,25,29)/t17-/m0/s1. The third-order valence-corrected chi connectivity index (χ3v) is 5.77. The molecule has 0 saturated heterocycles. The number of amides is 2. The second-order valence-corrected chi connectivity index (χ2v) is 8.25. The van der Waals surface area contributed by atoms with Crippen molar-refractivity contribution in [3.8, 4) is 0 Å². The lowest BCUT2D eigenvalue weighted by Gasteiger charge is -2.19. The van der Waals surface area contributed by atoms with Crippen LogP contribution in [0.1, 0.15) is 41.0 Å². The molecule has 3 rings (SSSR count). The van der Waals surface area contributed by atoms with Gasteiger partial charge >= 0.3 is 5.97 Å². The Morgan fingerprint density at radius 2 is 1.81 bits per heavy atom. The van der Waals surface area contributed by atoms with E-state index in [0.29, 0.717) is 16.4 Å². The molecule has 2 amide bonds. The van der Waals surface area contributed by atoms with Crippen LogP contribution in [-0.2, 0) is 20.9 Å². The van der Waals surface area contributed by atoms with Gasteiger partial charge in [0.1, 0.15) is 12.6 Å². The number of nitrogens with zero attached hydrogens (tertiary/aromatic N) is 2. The second-order valence-electron chi connectivity index (χ2n) is 7.41. The zero-order chi connectivity index (χ0) is 23.3. The molecule has 3 aromatic rings. The van der Waals surface area contributed by atoms with E-state index < -0.39 is 12.0 Å². The van der Waals surface area contributed by atoms with Gasteiger partial charge in [-0.3, -0.25) is 14.5 Å². The number of nitrogens with one attached hydrogen (secondary N) is 1. The minimum absolute atomic E-state index is 0.0560. The van der Waals surface area contributed by atoms with Crippen LogP contribution < -0.4 is 10.2 Å². The predicted molar refractivity (Wildman–Crippen MR) is 124 cm³/mol. The number of ether oxygens (including phenoxy) is 1. The van der Waals surface area contributed by atoms with Gasteiger partial charge in [-0.25, -0.2) is 9.78 Å². The number of benzene rings is 2. The van der Waals surface area contributed by atoms with Crippen molar-refractivity contribution in [1.29, 1.82) is 0 Å². The van der Waals surface area contributed by atoms with Crippen molar-refractivity contribution in [3.63, 3.8) is 0 Å². The molecule has 32 heavy (non-hydrogen) atoms. The Labute approximate surface area is 191 Å². The first kappa shape index (κ1) is 23.1. The molecule has 0 aliphatic carbocycles. The van der Waals surface area contributed by atoms with Gasteiger partial charge in [-0.1, -0.05) is 24.3 Å². The first-order valence-corrected chi connectivity index (χ1v) is 11.0. The maximum absolute atomic E-state index is 12.3. The lowest BCUT2D eigenvalue weighted by molar-refractivity contribution is -0.146. The highest BCUT2D eigenvalue weighted by molar-refractivity contribution is 7.14. The van der Waals surface area contributed by atoms with E-state index in [1.165, 1.54) is 23.2 Å². The molecule has 0 aliphatic rings. The SMILES string of the molecule is CC(=O)N(c1ccc(C)c(C)c1)c1nc(COC(=O)[C@H](C)NC(=O)c2ccccc2)cs1. The van der Waals surface area contributed by atoms with E-state index in [4.69, 9.17) is 4.74 Å². The maximum Gasteiger partial charge on any atom is 0.328 e. The van der Waals surface area contributed by atoms with Crippen LogP contribution in [0.5, 0.6) is 0 Å².